The summed E-state index contributed by atoms with van der Waals surface area (Å²) in [5.74, 6) is 0.762. The molecule has 0 aromatic carbocycles. The highest BCUT2D eigenvalue weighted by molar-refractivity contribution is 5.12. The van der Waals surface area contributed by atoms with Crippen LogP contribution in [0.15, 0.2) is 0 Å². The molecule has 0 heterocycles. The largest absolute Gasteiger partial charge is 0.390 e. The standard InChI is InChI=1S/C10H17O2/c1-9(2)6-4-7(9)10(3,12)8(11)5-6/h6-8,11H,4-5H2,1-3H3. The lowest BCUT2D eigenvalue weighted by molar-refractivity contribution is -0.267. The summed E-state index contributed by atoms with van der Waals surface area (Å²) in [6.07, 6.45) is 1.13. The molecule has 2 nitrogen and oxygen atoms in total. The smallest absolute Gasteiger partial charge is 0.130 e. The van der Waals surface area contributed by atoms with E-state index in [0.29, 0.717) is 12.3 Å². The third-order valence-corrected chi connectivity index (χ3v) is 4.33. The first-order valence-corrected chi connectivity index (χ1v) is 4.75. The van der Waals surface area contributed by atoms with Gasteiger partial charge in [0, 0.05) is 0 Å². The average molecular weight is 169 g/mol. The summed E-state index contributed by atoms with van der Waals surface area (Å²) in [5.41, 5.74) is -0.923. The van der Waals surface area contributed by atoms with Crippen LogP contribution in [0.1, 0.15) is 33.6 Å². The summed E-state index contributed by atoms with van der Waals surface area (Å²) < 4.78 is 0. The zero-order valence-electron chi connectivity index (χ0n) is 8.00. The van der Waals surface area contributed by atoms with Gasteiger partial charge in [-0.25, -0.2) is 5.11 Å². The fraction of sp³-hybridized carbons (Fsp3) is 1.00. The summed E-state index contributed by atoms with van der Waals surface area (Å²) in [6.45, 7) is 5.99. The molecule has 0 spiro atoms. The summed E-state index contributed by atoms with van der Waals surface area (Å²) in [5, 5.41) is 21.5. The molecule has 3 saturated carbocycles. The van der Waals surface area contributed by atoms with Gasteiger partial charge in [-0.05, 0) is 37.0 Å². The van der Waals surface area contributed by atoms with E-state index < -0.39 is 11.7 Å². The van der Waals surface area contributed by atoms with Gasteiger partial charge in [-0.15, -0.1) is 0 Å². The van der Waals surface area contributed by atoms with Crippen LogP contribution in [-0.2, 0) is 5.11 Å². The van der Waals surface area contributed by atoms with Gasteiger partial charge >= 0.3 is 0 Å². The predicted octanol–water partition coefficient (Wildman–Crippen LogP) is 1.60. The highest BCUT2D eigenvalue weighted by Crippen LogP contribution is 2.62. The maximum absolute atomic E-state index is 12.0. The number of aliphatic hydroxyl groups is 1. The molecule has 0 saturated heterocycles. The van der Waals surface area contributed by atoms with Crippen LogP contribution in [0.3, 0.4) is 0 Å². The minimum absolute atomic E-state index is 0.176. The van der Waals surface area contributed by atoms with Gasteiger partial charge in [0.25, 0.3) is 0 Å². The molecule has 0 amide bonds. The van der Waals surface area contributed by atoms with E-state index in [0.717, 1.165) is 6.42 Å². The van der Waals surface area contributed by atoms with E-state index in [1.807, 2.05) is 0 Å². The SMILES string of the molecule is CC1(C)C2CC(O)C(C)([O])C1C2. The van der Waals surface area contributed by atoms with Crippen molar-refractivity contribution in [2.45, 2.75) is 45.3 Å². The third-order valence-electron chi connectivity index (χ3n) is 4.33. The zero-order valence-corrected chi connectivity index (χ0v) is 8.00. The van der Waals surface area contributed by atoms with Crippen LogP contribution < -0.4 is 0 Å². The van der Waals surface area contributed by atoms with Gasteiger partial charge in [0.05, 0.1) is 6.10 Å². The molecule has 3 aliphatic carbocycles. The first-order valence-electron chi connectivity index (χ1n) is 4.75. The fourth-order valence-electron chi connectivity index (χ4n) is 3.12. The maximum atomic E-state index is 12.0. The Bertz CT molecular complexity index is 208. The van der Waals surface area contributed by atoms with Crippen LogP contribution in [-0.4, -0.2) is 16.8 Å². The molecular weight excluding hydrogens is 152 g/mol. The lowest BCUT2D eigenvalue weighted by Crippen LogP contribution is -2.65. The van der Waals surface area contributed by atoms with E-state index in [4.69, 9.17) is 0 Å². The zero-order chi connectivity index (χ0) is 9.15. The van der Waals surface area contributed by atoms with Gasteiger partial charge in [0.1, 0.15) is 5.60 Å². The lowest BCUT2D eigenvalue weighted by atomic mass is 9.43. The van der Waals surface area contributed by atoms with Crippen molar-refractivity contribution in [1.29, 1.82) is 0 Å². The van der Waals surface area contributed by atoms with Gasteiger partial charge in [-0.1, -0.05) is 13.8 Å². The van der Waals surface area contributed by atoms with Crippen molar-refractivity contribution in [1.82, 2.24) is 0 Å². The van der Waals surface area contributed by atoms with Crippen molar-refractivity contribution in [3.05, 3.63) is 0 Å². The number of fused-ring (bicyclic) bond motifs is 2. The Labute approximate surface area is 73.6 Å². The second-order valence-corrected chi connectivity index (χ2v) is 5.24. The van der Waals surface area contributed by atoms with Gasteiger partial charge < -0.3 is 5.11 Å². The molecule has 1 radical (unpaired) electrons. The van der Waals surface area contributed by atoms with Crippen molar-refractivity contribution in [2.24, 2.45) is 17.3 Å². The second kappa shape index (κ2) is 2.05. The van der Waals surface area contributed by atoms with E-state index in [9.17, 15) is 10.2 Å². The van der Waals surface area contributed by atoms with Crippen molar-refractivity contribution >= 4 is 0 Å². The van der Waals surface area contributed by atoms with Crippen LogP contribution in [0.2, 0.25) is 0 Å². The molecule has 3 aliphatic rings. The first-order chi connectivity index (χ1) is 5.37. The van der Waals surface area contributed by atoms with Crippen LogP contribution >= 0.6 is 0 Å². The van der Waals surface area contributed by atoms with E-state index in [2.05, 4.69) is 13.8 Å². The number of rotatable bonds is 0. The topological polar surface area (TPSA) is 40.1 Å². The number of hydrogen-bond acceptors (Lipinski definition) is 1. The van der Waals surface area contributed by atoms with Crippen LogP contribution in [0, 0.1) is 17.3 Å². The molecule has 0 aromatic heterocycles. The minimum Gasteiger partial charge on any atom is -0.390 e. The van der Waals surface area contributed by atoms with Gasteiger partial charge in [-0.3, -0.25) is 0 Å². The molecule has 12 heavy (non-hydrogen) atoms. The monoisotopic (exact) mass is 169 g/mol. The molecule has 2 heteroatoms. The molecule has 3 fully saturated rings. The van der Waals surface area contributed by atoms with Crippen molar-refractivity contribution in [2.75, 3.05) is 0 Å². The summed E-state index contributed by atoms with van der Waals surface area (Å²) in [4.78, 5) is 0. The molecule has 0 aromatic rings. The molecule has 3 rings (SSSR count). The second-order valence-electron chi connectivity index (χ2n) is 5.24. The van der Waals surface area contributed by atoms with Crippen LogP contribution in [0.5, 0.6) is 0 Å². The number of hydrogen-bond donors (Lipinski definition) is 1. The van der Waals surface area contributed by atoms with Crippen LogP contribution in [0.4, 0.5) is 0 Å². The molecule has 2 bridgehead atoms. The van der Waals surface area contributed by atoms with Gasteiger partial charge in [0.2, 0.25) is 0 Å². The Morgan fingerprint density at radius 1 is 1.25 bits per heavy atom. The summed E-state index contributed by atoms with van der Waals surface area (Å²) >= 11 is 0. The molecule has 1 N–H and O–H groups in total. The van der Waals surface area contributed by atoms with Gasteiger partial charge in [0.15, 0.2) is 0 Å². The Kier molecular flexibility index (Phi) is 1.45. The highest BCUT2D eigenvalue weighted by atomic mass is 16.3. The molecular formula is C10H17O2. The number of aliphatic hydroxyl groups excluding tert-OH is 1. The molecule has 0 aliphatic heterocycles. The normalized spacial score (nSPS) is 56.2. The van der Waals surface area contributed by atoms with E-state index >= 15 is 0 Å². The quantitative estimate of drug-likeness (QED) is 0.588. The minimum atomic E-state index is -1.10. The van der Waals surface area contributed by atoms with Crippen molar-refractivity contribution in [3.63, 3.8) is 0 Å². The highest BCUT2D eigenvalue weighted by Gasteiger charge is 2.63. The van der Waals surface area contributed by atoms with E-state index in [1.54, 1.807) is 6.92 Å². The predicted molar refractivity (Wildman–Crippen MR) is 45.1 cm³/mol. The molecule has 69 valence electrons. The Hall–Kier alpha value is -0.0800. The summed E-state index contributed by atoms with van der Waals surface area (Å²) in [6, 6.07) is 0. The average Bonchev–Trinajstić information content (AvgIpc) is 1.93. The van der Waals surface area contributed by atoms with E-state index in [-0.39, 0.29) is 11.3 Å². The van der Waals surface area contributed by atoms with Gasteiger partial charge in [-0.2, -0.15) is 0 Å². The fourth-order valence-corrected chi connectivity index (χ4v) is 3.12. The van der Waals surface area contributed by atoms with Crippen molar-refractivity contribution in [3.8, 4) is 0 Å². The summed E-state index contributed by atoms with van der Waals surface area (Å²) in [7, 11) is 0. The molecule has 4 unspecified atom stereocenters. The van der Waals surface area contributed by atoms with E-state index in [1.165, 1.54) is 0 Å². The Morgan fingerprint density at radius 3 is 2.17 bits per heavy atom. The molecule has 4 atom stereocenters. The third kappa shape index (κ3) is 0.775. The Morgan fingerprint density at radius 2 is 1.83 bits per heavy atom. The lowest BCUT2D eigenvalue weighted by Gasteiger charge is -2.63. The first kappa shape index (κ1) is 8.52. The van der Waals surface area contributed by atoms with Crippen LogP contribution in [0.25, 0.3) is 0 Å². The maximum Gasteiger partial charge on any atom is 0.130 e. The van der Waals surface area contributed by atoms with Crippen molar-refractivity contribution < 1.29 is 10.2 Å². The Balaban J connectivity index is 2.27.